The topological polar surface area (TPSA) is 38.0 Å². The van der Waals surface area contributed by atoms with Crippen LogP contribution in [0, 0.1) is 17.8 Å². The monoisotopic (exact) mass is 152 g/mol. The Morgan fingerprint density at radius 2 is 2.36 bits per heavy atom. The summed E-state index contributed by atoms with van der Waals surface area (Å²) in [5.41, 5.74) is 5.68. The van der Waals surface area contributed by atoms with Gasteiger partial charge >= 0.3 is 0 Å². The van der Waals surface area contributed by atoms with E-state index in [1.165, 1.54) is 19.5 Å². The summed E-state index contributed by atoms with van der Waals surface area (Å²) >= 11 is 0. The second-order valence-electron chi connectivity index (χ2n) is 3.65. The van der Waals surface area contributed by atoms with Gasteiger partial charge in [-0.05, 0) is 43.8 Å². The molecule has 2 aliphatic rings. The van der Waals surface area contributed by atoms with Crippen LogP contribution in [0.15, 0.2) is 12.2 Å². The van der Waals surface area contributed by atoms with Crippen LogP contribution in [-0.4, -0.2) is 19.6 Å². The van der Waals surface area contributed by atoms with Gasteiger partial charge in [-0.1, -0.05) is 12.2 Å². The lowest BCUT2D eigenvalue weighted by Gasteiger charge is -2.27. The SMILES string of the molecule is NCC1C=CCC2CNCC12. The molecule has 0 aromatic heterocycles. The molecule has 0 aromatic carbocycles. The fourth-order valence-electron chi connectivity index (χ4n) is 2.34. The molecule has 0 radical (unpaired) electrons. The van der Waals surface area contributed by atoms with Crippen LogP contribution in [0.25, 0.3) is 0 Å². The molecule has 3 atom stereocenters. The number of nitrogens with one attached hydrogen (secondary N) is 1. The van der Waals surface area contributed by atoms with Crippen LogP contribution in [0.4, 0.5) is 0 Å². The molecular formula is C9H16N2. The molecule has 0 spiro atoms. The minimum Gasteiger partial charge on any atom is -0.330 e. The molecule has 1 saturated heterocycles. The Morgan fingerprint density at radius 3 is 3.18 bits per heavy atom. The van der Waals surface area contributed by atoms with Crippen molar-refractivity contribution in [2.45, 2.75) is 6.42 Å². The van der Waals surface area contributed by atoms with Crippen molar-refractivity contribution in [1.29, 1.82) is 0 Å². The van der Waals surface area contributed by atoms with Gasteiger partial charge in [0.2, 0.25) is 0 Å². The first-order valence-corrected chi connectivity index (χ1v) is 4.49. The molecular weight excluding hydrogens is 136 g/mol. The predicted molar refractivity (Wildman–Crippen MR) is 46.2 cm³/mol. The normalized spacial score (nSPS) is 42.5. The van der Waals surface area contributed by atoms with Crippen LogP contribution in [0.5, 0.6) is 0 Å². The summed E-state index contributed by atoms with van der Waals surface area (Å²) in [6, 6.07) is 0. The third kappa shape index (κ3) is 1.21. The minimum atomic E-state index is 0.642. The van der Waals surface area contributed by atoms with Gasteiger partial charge in [0.05, 0.1) is 0 Å². The first kappa shape index (κ1) is 7.32. The summed E-state index contributed by atoms with van der Waals surface area (Å²) in [4.78, 5) is 0. The number of hydrogen-bond acceptors (Lipinski definition) is 2. The molecule has 3 unspecified atom stereocenters. The summed E-state index contributed by atoms with van der Waals surface area (Å²) in [7, 11) is 0. The predicted octanol–water partition coefficient (Wildman–Crippen LogP) is 0.357. The molecule has 0 saturated carbocycles. The van der Waals surface area contributed by atoms with Crippen molar-refractivity contribution in [3.8, 4) is 0 Å². The Morgan fingerprint density at radius 1 is 1.45 bits per heavy atom. The van der Waals surface area contributed by atoms with E-state index in [-0.39, 0.29) is 0 Å². The van der Waals surface area contributed by atoms with Crippen molar-refractivity contribution in [3.05, 3.63) is 12.2 Å². The zero-order valence-corrected chi connectivity index (χ0v) is 6.79. The highest BCUT2D eigenvalue weighted by Gasteiger charge is 2.32. The molecule has 1 aliphatic heterocycles. The van der Waals surface area contributed by atoms with Gasteiger partial charge in [0.15, 0.2) is 0 Å². The van der Waals surface area contributed by atoms with Gasteiger partial charge in [-0.15, -0.1) is 0 Å². The highest BCUT2D eigenvalue weighted by atomic mass is 14.9. The smallest absolute Gasteiger partial charge is 0.00109 e. The Bertz CT molecular complexity index is 165. The van der Waals surface area contributed by atoms with Crippen LogP contribution < -0.4 is 11.1 Å². The first-order chi connectivity index (χ1) is 5.42. The Kier molecular flexibility index (Phi) is 1.96. The third-order valence-corrected chi connectivity index (χ3v) is 3.04. The van der Waals surface area contributed by atoms with Crippen molar-refractivity contribution in [1.82, 2.24) is 5.32 Å². The number of allylic oxidation sites excluding steroid dienone is 1. The summed E-state index contributed by atoms with van der Waals surface area (Å²) < 4.78 is 0. The second kappa shape index (κ2) is 2.95. The quantitative estimate of drug-likeness (QED) is 0.532. The van der Waals surface area contributed by atoms with E-state index in [0.29, 0.717) is 5.92 Å². The zero-order chi connectivity index (χ0) is 7.68. The van der Waals surface area contributed by atoms with Gasteiger partial charge in [-0.2, -0.15) is 0 Å². The Balaban J connectivity index is 2.09. The van der Waals surface area contributed by atoms with E-state index in [2.05, 4.69) is 17.5 Å². The maximum absolute atomic E-state index is 5.68. The maximum atomic E-state index is 5.68. The minimum absolute atomic E-state index is 0.642. The molecule has 0 bridgehead atoms. The summed E-state index contributed by atoms with van der Waals surface area (Å²) in [5.74, 6) is 2.34. The maximum Gasteiger partial charge on any atom is -0.00109 e. The highest BCUT2D eigenvalue weighted by Crippen LogP contribution is 2.31. The third-order valence-electron chi connectivity index (χ3n) is 3.04. The summed E-state index contributed by atoms with van der Waals surface area (Å²) in [5, 5.41) is 3.43. The number of hydrogen-bond donors (Lipinski definition) is 2. The average Bonchev–Trinajstić information content (AvgIpc) is 2.50. The molecule has 2 nitrogen and oxygen atoms in total. The molecule has 2 heteroatoms. The fraction of sp³-hybridized carbons (Fsp3) is 0.778. The zero-order valence-electron chi connectivity index (χ0n) is 6.79. The molecule has 1 heterocycles. The van der Waals surface area contributed by atoms with Gasteiger partial charge in [0.25, 0.3) is 0 Å². The van der Waals surface area contributed by atoms with Crippen LogP contribution in [0.2, 0.25) is 0 Å². The lowest BCUT2D eigenvalue weighted by Crippen LogP contribution is -2.29. The van der Waals surface area contributed by atoms with E-state index >= 15 is 0 Å². The average molecular weight is 152 g/mol. The molecule has 0 amide bonds. The van der Waals surface area contributed by atoms with Gasteiger partial charge in [0.1, 0.15) is 0 Å². The van der Waals surface area contributed by atoms with E-state index in [1.54, 1.807) is 0 Å². The fourth-order valence-corrected chi connectivity index (χ4v) is 2.34. The van der Waals surface area contributed by atoms with Gasteiger partial charge in [-0.25, -0.2) is 0 Å². The molecule has 1 aliphatic carbocycles. The summed E-state index contributed by atoms with van der Waals surface area (Å²) in [6.45, 7) is 3.20. The van der Waals surface area contributed by atoms with Gasteiger partial charge in [-0.3, -0.25) is 0 Å². The van der Waals surface area contributed by atoms with E-state index in [4.69, 9.17) is 5.73 Å². The van der Waals surface area contributed by atoms with E-state index in [0.717, 1.165) is 18.4 Å². The van der Waals surface area contributed by atoms with Crippen molar-refractivity contribution in [2.75, 3.05) is 19.6 Å². The highest BCUT2D eigenvalue weighted by molar-refractivity contribution is 5.04. The van der Waals surface area contributed by atoms with E-state index in [9.17, 15) is 0 Å². The molecule has 2 rings (SSSR count). The molecule has 0 aromatic rings. The van der Waals surface area contributed by atoms with E-state index < -0.39 is 0 Å². The largest absolute Gasteiger partial charge is 0.330 e. The first-order valence-electron chi connectivity index (χ1n) is 4.49. The molecule has 62 valence electrons. The number of fused-ring (bicyclic) bond motifs is 1. The Hall–Kier alpha value is -0.340. The number of nitrogens with two attached hydrogens (primary N) is 1. The van der Waals surface area contributed by atoms with Gasteiger partial charge in [0, 0.05) is 0 Å². The lowest BCUT2D eigenvalue weighted by atomic mass is 9.78. The summed E-state index contributed by atoms with van der Waals surface area (Å²) in [6.07, 6.45) is 5.86. The molecule has 1 fully saturated rings. The standard InChI is InChI=1S/C9H16N2/c10-4-7-2-1-3-8-5-11-6-9(7)8/h1-2,7-9,11H,3-6,10H2. The van der Waals surface area contributed by atoms with Crippen LogP contribution in [-0.2, 0) is 0 Å². The lowest BCUT2D eigenvalue weighted by molar-refractivity contribution is 0.318. The van der Waals surface area contributed by atoms with Crippen molar-refractivity contribution < 1.29 is 0 Å². The van der Waals surface area contributed by atoms with Crippen molar-refractivity contribution in [3.63, 3.8) is 0 Å². The van der Waals surface area contributed by atoms with Crippen molar-refractivity contribution >= 4 is 0 Å². The Labute approximate surface area is 67.8 Å². The van der Waals surface area contributed by atoms with Crippen LogP contribution in [0.3, 0.4) is 0 Å². The molecule has 3 N–H and O–H groups in total. The second-order valence-corrected chi connectivity index (χ2v) is 3.65. The van der Waals surface area contributed by atoms with Crippen molar-refractivity contribution in [2.24, 2.45) is 23.5 Å². The molecule has 11 heavy (non-hydrogen) atoms. The van der Waals surface area contributed by atoms with Crippen LogP contribution in [0.1, 0.15) is 6.42 Å². The van der Waals surface area contributed by atoms with Crippen LogP contribution >= 0.6 is 0 Å². The number of rotatable bonds is 1. The van der Waals surface area contributed by atoms with E-state index in [1.807, 2.05) is 0 Å². The van der Waals surface area contributed by atoms with Gasteiger partial charge < -0.3 is 11.1 Å².